The molecule has 3 rings (SSSR count). The maximum atomic E-state index is 12.3. The summed E-state index contributed by atoms with van der Waals surface area (Å²) in [7, 11) is 0. The lowest BCUT2D eigenvalue weighted by molar-refractivity contribution is -0.114. The van der Waals surface area contributed by atoms with E-state index in [1.54, 1.807) is 24.3 Å². The molecular formula is C22H27N3O4. The van der Waals surface area contributed by atoms with Crippen molar-refractivity contribution in [2.45, 2.75) is 25.9 Å². The Morgan fingerprint density at radius 3 is 2.83 bits per heavy atom. The van der Waals surface area contributed by atoms with Gasteiger partial charge in [0.15, 0.2) is 0 Å². The molecule has 1 aliphatic heterocycles. The molecule has 1 atom stereocenters. The van der Waals surface area contributed by atoms with E-state index in [1.165, 1.54) is 0 Å². The molecule has 2 aromatic rings. The lowest BCUT2D eigenvalue weighted by atomic mass is 10.2. The topological polar surface area (TPSA) is 88.7 Å². The highest BCUT2D eigenvalue weighted by atomic mass is 16.5. The van der Waals surface area contributed by atoms with E-state index < -0.39 is 0 Å². The Hall–Kier alpha value is -3.06. The zero-order chi connectivity index (χ0) is 20.5. The summed E-state index contributed by atoms with van der Waals surface area (Å²) in [5, 5.41) is 8.65. The van der Waals surface area contributed by atoms with Gasteiger partial charge in [-0.1, -0.05) is 18.2 Å². The second-order valence-electron chi connectivity index (χ2n) is 6.78. The molecule has 1 aliphatic rings. The van der Waals surface area contributed by atoms with Crippen LogP contribution >= 0.6 is 0 Å². The monoisotopic (exact) mass is 397 g/mol. The number of amides is 2. The SMILES string of the molecule is CCNC(=O)c1cccc(NC(=O)CNc2ccccc2OCC2CCCO2)c1. The zero-order valence-electron chi connectivity index (χ0n) is 16.6. The first-order chi connectivity index (χ1) is 14.2. The van der Waals surface area contributed by atoms with E-state index in [2.05, 4.69) is 16.0 Å². The smallest absolute Gasteiger partial charge is 0.251 e. The van der Waals surface area contributed by atoms with E-state index in [-0.39, 0.29) is 24.5 Å². The molecule has 1 saturated heterocycles. The first-order valence-corrected chi connectivity index (χ1v) is 9.91. The Balaban J connectivity index is 1.53. The molecule has 3 N–H and O–H groups in total. The molecule has 7 heteroatoms. The van der Waals surface area contributed by atoms with Crippen molar-refractivity contribution < 1.29 is 19.1 Å². The Kier molecular flexibility index (Phi) is 7.47. The van der Waals surface area contributed by atoms with Crippen molar-refractivity contribution in [3.63, 3.8) is 0 Å². The van der Waals surface area contributed by atoms with Crippen molar-refractivity contribution in [3.05, 3.63) is 54.1 Å². The Morgan fingerprint density at radius 2 is 2.03 bits per heavy atom. The van der Waals surface area contributed by atoms with Crippen LogP contribution in [0.3, 0.4) is 0 Å². The van der Waals surface area contributed by atoms with Gasteiger partial charge in [0, 0.05) is 24.4 Å². The van der Waals surface area contributed by atoms with Crippen LogP contribution in [0.1, 0.15) is 30.1 Å². The zero-order valence-corrected chi connectivity index (χ0v) is 16.6. The maximum Gasteiger partial charge on any atom is 0.251 e. The van der Waals surface area contributed by atoms with Crippen LogP contribution in [-0.2, 0) is 9.53 Å². The molecule has 0 bridgehead atoms. The van der Waals surface area contributed by atoms with Crippen molar-refractivity contribution in [2.75, 3.05) is 36.9 Å². The number of anilines is 2. The molecule has 0 radical (unpaired) electrons. The fourth-order valence-electron chi connectivity index (χ4n) is 3.08. The normalized spacial score (nSPS) is 15.6. The average molecular weight is 397 g/mol. The van der Waals surface area contributed by atoms with Crippen molar-refractivity contribution in [3.8, 4) is 5.75 Å². The lowest BCUT2D eigenvalue weighted by Crippen LogP contribution is -2.24. The van der Waals surface area contributed by atoms with E-state index in [0.29, 0.717) is 30.2 Å². The minimum absolute atomic E-state index is 0.0751. The highest BCUT2D eigenvalue weighted by molar-refractivity contribution is 5.98. The van der Waals surface area contributed by atoms with Crippen molar-refractivity contribution in [1.29, 1.82) is 0 Å². The van der Waals surface area contributed by atoms with Gasteiger partial charge in [0.25, 0.3) is 5.91 Å². The third kappa shape index (κ3) is 6.22. The number of carbonyl (C=O) groups is 2. The van der Waals surface area contributed by atoms with Crippen LogP contribution in [0.5, 0.6) is 5.75 Å². The second-order valence-corrected chi connectivity index (χ2v) is 6.78. The van der Waals surface area contributed by atoms with Crippen LogP contribution in [0.2, 0.25) is 0 Å². The molecule has 0 aromatic heterocycles. The summed E-state index contributed by atoms with van der Waals surface area (Å²) in [5.41, 5.74) is 1.82. The van der Waals surface area contributed by atoms with Crippen molar-refractivity contribution in [1.82, 2.24) is 5.32 Å². The van der Waals surface area contributed by atoms with Gasteiger partial charge in [0.2, 0.25) is 5.91 Å². The predicted octanol–water partition coefficient (Wildman–Crippen LogP) is 3.04. The summed E-state index contributed by atoms with van der Waals surface area (Å²) in [6.45, 7) is 3.77. The molecule has 0 spiro atoms. The quantitative estimate of drug-likeness (QED) is 0.605. The number of benzene rings is 2. The highest BCUT2D eigenvalue weighted by Gasteiger charge is 2.17. The van der Waals surface area contributed by atoms with Crippen LogP contribution in [0, 0.1) is 0 Å². The molecule has 0 saturated carbocycles. The summed E-state index contributed by atoms with van der Waals surface area (Å²) in [5.74, 6) is 0.306. The number of carbonyl (C=O) groups excluding carboxylic acids is 2. The van der Waals surface area contributed by atoms with Gasteiger partial charge in [-0.3, -0.25) is 9.59 Å². The summed E-state index contributed by atoms with van der Waals surface area (Å²) in [4.78, 5) is 24.3. The van der Waals surface area contributed by atoms with E-state index in [0.717, 1.165) is 25.1 Å². The van der Waals surface area contributed by atoms with Gasteiger partial charge in [-0.05, 0) is 50.1 Å². The van der Waals surface area contributed by atoms with Gasteiger partial charge >= 0.3 is 0 Å². The first kappa shape index (κ1) is 20.7. The van der Waals surface area contributed by atoms with Gasteiger partial charge in [0.05, 0.1) is 18.3 Å². The third-order valence-electron chi connectivity index (χ3n) is 4.52. The molecule has 2 amide bonds. The van der Waals surface area contributed by atoms with E-state index in [4.69, 9.17) is 9.47 Å². The fourth-order valence-corrected chi connectivity index (χ4v) is 3.08. The van der Waals surface area contributed by atoms with Gasteiger partial charge in [-0.2, -0.15) is 0 Å². The summed E-state index contributed by atoms with van der Waals surface area (Å²) in [6.07, 6.45) is 2.20. The standard InChI is InChI=1S/C22H27N3O4/c1-2-23-22(27)16-7-5-8-17(13-16)25-21(26)14-24-19-10-3-4-11-20(19)29-15-18-9-6-12-28-18/h3-5,7-8,10-11,13,18,24H,2,6,9,12,14-15H2,1H3,(H,23,27)(H,25,26). The number of nitrogens with one attached hydrogen (secondary N) is 3. The summed E-state index contributed by atoms with van der Waals surface area (Å²) >= 11 is 0. The van der Waals surface area contributed by atoms with Crippen molar-refractivity contribution in [2.24, 2.45) is 0 Å². The van der Waals surface area contributed by atoms with Gasteiger partial charge in [-0.15, -0.1) is 0 Å². The maximum absolute atomic E-state index is 12.3. The molecule has 29 heavy (non-hydrogen) atoms. The number of hydrogen-bond acceptors (Lipinski definition) is 5. The Morgan fingerprint density at radius 1 is 1.17 bits per heavy atom. The minimum Gasteiger partial charge on any atom is -0.489 e. The lowest BCUT2D eigenvalue weighted by Gasteiger charge is -2.15. The van der Waals surface area contributed by atoms with E-state index in [1.807, 2.05) is 31.2 Å². The molecule has 1 unspecified atom stereocenters. The van der Waals surface area contributed by atoms with Crippen molar-refractivity contribution >= 4 is 23.2 Å². The first-order valence-electron chi connectivity index (χ1n) is 9.91. The van der Waals surface area contributed by atoms with Gasteiger partial charge < -0.3 is 25.4 Å². The van der Waals surface area contributed by atoms with Crippen LogP contribution < -0.4 is 20.7 Å². The summed E-state index contributed by atoms with van der Waals surface area (Å²) in [6, 6.07) is 14.4. The van der Waals surface area contributed by atoms with E-state index in [9.17, 15) is 9.59 Å². The van der Waals surface area contributed by atoms with Crippen LogP contribution in [-0.4, -0.2) is 44.2 Å². The molecular weight excluding hydrogens is 370 g/mol. The van der Waals surface area contributed by atoms with Gasteiger partial charge in [0.1, 0.15) is 12.4 Å². The molecule has 2 aromatic carbocycles. The predicted molar refractivity (Wildman–Crippen MR) is 112 cm³/mol. The molecule has 154 valence electrons. The van der Waals surface area contributed by atoms with Gasteiger partial charge in [-0.25, -0.2) is 0 Å². The largest absolute Gasteiger partial charge is 0.489 e. The number of ether oxygens (including phenoxy) is 2. The number of hydrogen-bond donors (Lipinski definition) is 3. The van der Waals surface area contributed by atoms with Crippen LogP contribution in [0.15, 0.2) is 48.5 Å². The summed E-state index contributed by atoms with van der Waals surface area (Å²) < 4.78 is 11.5. The average Bonchev–Trinajstić information content (AvgIpc) is 3.25. The second kappa shape index (κ2) is 10.5. The highest BCUT2D eigenvalue weighted by Crippen LogP contribution is 2.25. The fraction of sp³-hybridized carbons (Fsp3) is 0.364. The van der Waals surface area contributed by atoms with E-state index >= 15 is 0 Å². The molecule has 1 heterocycles. The number of rotatable bonds is 9. The number of para-hydroxylation sites is 2. The third-order valence-corrected chi connectivity index (χ3v) is 4.52. The van der Waals surface area contributed by atoms with Crippen LogP contribution in [0.4, 0.5) is 11.4 Å². The minimum atomic E-state index is -0.216. The molecule has 7 nitrogen and oxygen atoms in total. The Bertz CT molecular complexity index is 834. The molecule has 1 fully saturated rings. The van der Waals surface area contributed by atoms with Crippen LogP contribution in [0.25, 0.3) is 0 Å². The Labute approximate surface area is 170 Å². The molecule has 0 aliphatic carbocycles.